The third-order valence-corrected chi connectivity index (χ3v) is 7.94. The Hall–Kier alpha value is -2.76. The SMILES string of the molecule is CCCCCCc1nc(C)c2c(=O)[nH]c(-c3cc(S(=O)(=O)N(C)CCCCO)ccc3OCC)nn12. The standard InChI is InChI=1S/C25H37N5O5S/c1-5-7-8-9-12-22-26-18(3)23-25(32)27-24(28-30(22)23)20-17-19(13-14-21(20)35-6-2)36(33,34)29(4)15-10-11-16-31/h13-14,17,31H,5-12,15-16H2,1-4H3,(H,27,28,32). The maximum atomic E-state index is 13.2. The highest BCUT2D eigenvalue weighted by Gasteiger charge is 2.24. The molecular weight excluding hydrogens is 482 g/mol. The van der Waals surface area contributed by atoms with Crippen LogP contribution in [0.5, 0.6) is 5.75 Å². The number of hydrogen-bond donors (Lipinski definition) is 2. The van der Waals surface area contributed by atoms with Gasteiger partial charge in [-0.2, -0.15) is 0 Å². The number of H-pyrrole nitrogens is 1. The van der Waals surface area contributed by atoms with Crippen molar-refractivity contribution in [2.75, 3.05) is 26.8 Å². The molecule has 1 aromatic carbocycles. The molecule has 2 heterocycles. The summed E-state index contributed by atoms with van der Waals surface area (Å²) in [5, 5.41) is 13.7. The maximum absolute atomic E-state index is 13.2. The molecule has 198 valence electrons. The minimum Gasteiger partial charge on any atom is -0.493 e. The normalized spacial score (nSPS) is 12.1. The van der Waals surface area contributed by atoms with Gasteiger partial charge in [-0.3, -0.25) is 4.79 Å². The fourth-order valence-electron chi connectivity index (χ4n) is 4.11. The van der Waals surface area contributed by atoms with Crippen LogP contribution in [0, 0.1) is 6.92 Å². The fourth-order valence-corrected chi connectivity index (χ4v) is 5.35. The van der Waals surface area contributed by atoms with Crippen LogP contribution in [0.3, 0.4) is 0 Å². The lowest BCUT2D eigenvalue weighted by atomic mass is 10.1. The number of aromatic nitrogens is 4. The van der Waals surface area contributed by atoms with E-state index in [9.17, 15) is 13.2 Å². The molecule has 36 heavy (non-hydrogen) atoms. The molecule has 3 aromatic rings. The smallest absolute Gasteiger partial charge is 0.277 e. The molecule has 0 saturated carbocycles. The number of aliphatic hydroxyl groups is 1. The molecule has 0 aliphatic heterocycles. The molecule has 0 radical (unpaired) electrons. The monoisotopic (exact) mass is 519 g/mol. The van der Waals surface area contributed by atoms with E-state index < -0.39 is 10.0 Å². The first-order chi connectivity index (χ1) is 17.2. The summed E-state index contributed by atoms with van der Waals surface area (Å²) in [5.41, 5.74) is 1.02. The summed E-state index contributed by atoms with van der Waals surface area (Å²) in [6.07, 6.45) is 6.02. The van der Waals surface area contributed by atoms with Gasteiger partial charge in [-0.1, -0.05) is 26.2 Å². The Kier molecular flexibility index (Phi) is 9.63. The van der Waals surface area contributed by atoms with Crippen LogP contribution in [0.1, 0.15) is 63.9 Å². The van der Waals surface area contributed by atoms with Crippen molar-refractivity contribution >= 4 is 15.5 Å². The second kappa shape index (κ2) is 12.5. The van der Waals surface area contributed by atoms with E-state index in [2.05, 4.69) is 22.0 Å². The number of ether oxygens (including phenoxy) is 1. The number of aryl methyl sites for hydroxylation is 2. The highest BCUT2D eigenvalue weighted by Crippen LogP contribution is 2.31. The topological polar surface area (TPSA) is 130 Å². The Morgan fingerprint density at radius 3 is 2.61 bits per heavy atom. The van der Waals surface area contributed by atoms with E-state index in [0.29, 0.717) is 54.2 Å². The number of aliphatic hydroxyl groups excluding tert-OH is 1. The van der Waals surface area contributed by atoms with Gasteiger partial charge in [0.1, 0.15) is 11.6 Å². The van der Waals surface area contributed by atoms with Crippen molar-refractivity contribution < 1.29 is 18.3 Å². The molecule has 0 bridgehead atoms. The highest BCUT2D eigenvalue weighted by molar-refractivity contribution is 7.89. The number of fused-ring (bicyclic) bond motifs is 1. The van der Waals surface area contributed by atoms with Gasteiger partial charge in [-0.15, -0.1) is 5.10 Å². The molecule has 3 rings (SSSR count). The number of aromatic amines is 1. The first-order valence-corrected chi connectivity index (χ1v) is 14.0. The van der Waals surface area contributed by atoms with Crippen LogP contribution < -0.4 is 10.3 Å². The van der Waals surface area contributed by atoms with Crippen molar-refractivity contribution in [3.8, 4) is 17.1 Å². The molecule has 0 aliphatic rings. The Morgan fingerprint density at radius 2 is 1.92 bits per heavy atom. The Morgan fingerprint density at radius 1 is 1.14 bits per heavy atom. The lowest BCUT2D eigenvalue weighted by Crippen LogP contribution is -2.28. The molecule has 0 aliphatic carbocycles. The number of unbranched alkanes of at least 4 members (excludes halogenated alkanes) is 4. The average Bonchev–Trinajstić information content (AvgIpc) is 3.17. The van der Waals surface area contributed by atoms with E-state index in [-0.39, 0.29) is 29.4 Å². The van der Waals surface area contributed by atoms with Gasteiger partial charge in [-0.25, -0.2) is 22.2 Å². The summed E-state index contributed by atoms with van der Waals surface area (Å²) >= 11 is 0. The van der Waals surface area contributed by atoms with Gasteiger partial charge in [0.25, 0.3) is 5.56 Å². The minimum atomic E-state index is -3.80. The fraction of sp³-hybridized carbons (Fsp3) is 0.560. The van der Waals surface area contributed by atoms with Gasteiger partial charge in [0, 0.05) is 26.6 Å². The lowest BCUT2D eigenvalue weighted by Gasteiger charge is -2.18. The number of imidazole rings is 1. The largest absolute Gasteiger partial charge is 0.493 e. The predicted molar refractivity (Wildman–Crippen MR) is 139 cm³/mol. The van der Waals surface area contributed by atoms with Crippen LogP contribution in [0.4, 0.5) is 0 Å². The zero-order valence-corrected chi connectivity index (χ0v) is 22.4. The van der Waals surface area contributed by atoms with Crippen LogP contribution in [0.2, 0.25) is 0 Å². The quantitative estimate of drug-likeness (QED) is 0.313. The van der Waals surface area contributed by atoms with E-state index in [0.717, 1.165) is 25.7 Å². The Labute approximate surface area is 212 Å². The molecule has 0 saturated heterocycles. The van der Waals surface area contributed by atoms with Crippen LogP contribution in [-0.2, 0) is 16.4 Å². The average molecular weight is 520 g/mol. The number of rotatable bonds is 14. The van der Waals surface area contributed by atoms with E-state index in [1.165, 1.54) is 23.5 Å². The number of nitrogens with one attached hydrogen (secondary N) is 1. The molecule has 0 unspecified atom stereocenters. The van der Waals surface area contributed by atoms with Crippen molar-refractivity contribution in [1.82, 2.24) is 23.9 Å². The Balaban J connectivity index is 2.08. The minimum absolute atomic E-state index is 0.0108. The van der Waals surface area contributed by atoms with E-state index in [1.807, 2.05) is 6.92 Å². The first kappa shape index (κ1) is 27.8. The maximum Gasteiger partial charge on any atom is 0.277 e. The van der Waals surface area contributed by atoms with Gasteiger partial charge >= 0.3 is 0 Å². The summed E-state index contributed by atoms with van der Waals surface area (Å²) in [4.78, 5) is 20.5. The van der Waals surface area contributed by atoms with Crippen LogP contribution >= 0.6 is 0 Å². The Bertz CT molecular complexity index is 1330. The summed E-state index contributed by atoms with van der Waals surface area (Å²) in [7, 11) is -2.29. The third kappa shape index (κ3) is 6.13. The second-order valence-corrected chi connectivity index (χ2v) is 10.9. The molecule has 2 N–H and O–H groups in total. The van der Waals surface area contributed by atoms with Gasteiger partial charge in [-0.05, 0) is 51.3 Å². The predicted octanol–water partition coefficient (Wildman–Crippen LogP) is 3.31. The summed E-state index contributed by atoms with van der Waals surface area (Å²) in [5.74, 6) is 1.34. The molecule has 0 atom stereocenters. The van der Waals surface area contributed by atoms with E-state index >= 15 is 0 Å². The van der Waals surface area contributed by atoms with Crippen LogP contribution in [-0.4, -0.2) is 64.2 Å². The van der Waals surface area contributed by atoms with Crippen molar-refractivity contribution in [3.63, 3.8) is 0 Å². The van der Waals surface area contributed by atoms with Gasteiger partial charge in [0.15, 0.2) is 11.3 Å². The number of nitrogens with zero attached hydrogens (tertiary/aromatic N) is 4. The summed E-state index contributed by atoms with van der Waals surface area (Å²) in [6, 6.07) is 4.56. The first-order valence-electron chi connectivity index (χ1n) is 12.6. The van der Waals surface area contributed by atoms with Gasteiger partial charge < -0.3 is 14.8 Å². The molecule has 0 amide bonds. The molecule has 0 spiro atoms. The zero-order chi connectivity index (χ0) is 26.3. The lowest BCUT2D eigenvalue weighted by molar-refractivity contribution is 0.279. The second-order valence-electron chi connectivity index (χ2n) is 8.84. The van der Waals surface area contributed by atoms with Crippen molar-refractivity contribution in [1.29, 1.82) is 0 Å². The molecule has 10 nitrogen and oxygen atoms in total. The third-order valence-electron chi connectivity index (χ3n) is 6.09. The number of benzene rings is 1. The van der Waals surface area contributed by atoms with Crippen molar-refractivity contribution in [3.05, 3.63) is 40.1 Å². The van der Waals surface area contributed by atoms with Crippen LogP contribution in [0.25, 0.3) is 16.9 Å². The molecule has 2 aromatic heterocycles. The van der Waals surface area contributed by atoms with Crippen LogP contribution in [0.15, 0.2) is 27.9 Å². The van der Waals surface area contributed by atoms with Gasteiger partial charge in [0.2, 0.25) is 10.0 Å². The van der Waals surface area contributed by atoms with Gasteiger partial charge in [0.05, 0.1) is 22.8 Å². The number of hydrogen-bond acceptors (Lipinski definition) is 7. The van der Waals surface area contributed by atoms with Crippen molar-refractivity contribution in [2.45, 2.75) is 70.6 Å². The number of sulfonamides is 1. The zero-order valence-electron chi connectivity index (χ0n) is 21.6. The van der Waals surface area contributed by atoms with E-state index in [1.54, 1.807) is 17.5 Å². The molecule has 0 fully saturated rings. The van der Waals surface area contributed by atoms with Crippen molar-refractivity contribution in [2.24, 2.45) is 0 Å². The molecular formula is C25H37N5O5S. The molecule has 11 heteroatoms. The summed E-state index contributed by atoms with van der Waals surface area (Å²) in [6.45, 7) is 6.42. The van der Waals surface area contributed by atoms with E-state index in [4.69, 9.17) is 9.84 Å². The summed E-state index contributed by atoms with van der Waals surface area (Å²) < 4.78 is 35.0. The highest BCUT2D eigenvalue weighted by atomic mass is 32.2.